The summed E-state index contributed by atoms with van der Waals surface area (Å²) in [5.74, 6) is -2.02. The molecule has 68 valence electrons. The fourth-order valence-electron chi connectivity index (χ4n) is 0.852. The van der Waals surface area contributed by atoms with Gasteiger partial charge in [0, 0.05) is 5.56 Å². The Morgan fingerprint density at radius 1 is 1.54 bits per heavy atom. The first-order valence-electron chi connectivity index (χ1n) is 3.40. The van der Waals surface area contributed by atoms with Gasteiger partial charge in [0.15, 0.2) is 0 Å². The molecule has 0 aliphatic rings. The summed E-state index contributed by atoms with van der Waals surface area (Å²) in [4.78, 5) is 10.5. The van der Waals surface area contributed by atoms with Crippen LogP contribution in [-0.4, -0.2) is 11.1 Å². The maximum Gasteiger partial charge on any atom is 0.335 e. The van der Waals surface area contributed by atoms with E-state index in [2.05, 4.69) is 6.58 Å². The number of carboxylic acid groups (broad SMARTS) is 1. The van der Waals surface area contributed by atoms with Crippen molar-refractivity contribution in [3.05, 3.63) is 41.2 Å². The van der Waals surface area contributed by atoms with Crippen LogP contribution >= 0.6 is 11.6 Å². The number of rotatable bonds is 2. The van der Waals surface area contributed by atoms with Crippen molar-refractivity contribution in [1.29, 1.82) is 0 Å². The summed E-state index contributed by atoms with van der Waals surface area (Å²) in [6, 6.07) is 4.13. The molecule has 13 heavy (non-hydrogen) atoms. The van der Waals surface area contributed by atoms with Crippen molar-refractivity contribution in [2.45, 2.75) is 0 Å². The highest BCUT2D eigenvalue weighted by Crippen LogP contribution is 2.22. The van der Waals surface area contributed by atoms with E-state index >= 15 is 0 Å². The van der Waals surface area contributed by atoms with Gasteiger partial charge in [-0.25, -0.2) is 9.18 Å². The standard InChI is InChI=1S/C9H6ClFO2/c1-5(9(12)13)6-3-2-4-7(10)8(6)11/h2-4H,1H2,(H,12,13). The van der Waals surface area contributed by atoms with E-state index in [1.807, 2.05) is 0 Å². The molecule has 0 spiro atoms. The first-order chi connectivity index (χ1) is 6.04. The molecule has 0 unspecified atom stereocenters. The molecule has 1 N–H and O–H groups in total. The topological polar surface area (TPSA) is 37.3 Å². The second-order valence-electron chi connectivity index (χ2n) is 2.39. The van der Waals surface area contributed by atoms with Crippen LogP contribution in [0.25, 0.3) is 5.57 Å². The lowest BCUT2D eigenvalue weighted by Crippen LogP contribution is -2.00. The van der Waals surface area contributed by atoms with Gasteiger partial charge in [0.05, 0.1) is 10.6 Å². The number of hydrogen-bond donors (Lipinski definition) is 1. The second kappa shape index (κ2) is 3.58. The zero-order valence-corrected chi connectivity index (χ0v) is 7.31. The summed E-state index contributed by atoms with van der Waals surface area (Å²) >= 11 is 5.45. The van der Waals surface area contributed by atoms with Crippen LogP contribution in [0.3, 0.4) is 0 Å². The van der Waals surface area contributed by atoms with Crippen LogP contribution in [-0.2, 0) is 4.79 Å². The van der Waals surface area contributed by atoms with Gasteiger partial charge in [-0.1, -0.05) is 30.3 Å². The van der Waals surface area contributed by atoms with Crippen molar-refractivity contribution in [1.82, 2.24) is 0 Å². The van der Waals surface area contributed by atoms with Crippen molar-refractivity contribution in [3.8, 4) is 0 Å². The fourth-order valence-corrected chi connectivity index (χ4v) is 1.03. The minimum atomic E-state index is -1.26. The Balaban J connectivity index is 3.23. The van der Waals surface area contributed by atoms with Crippen LogP contribution in [0, 0.1) is 5.82 Å². The molecule has 0 heterocycles. The number of benzene rings is 1. The number of halogens is 2. The Hall–Kier alpha value is -1.35. The Kier molecular flexibility index (Phi) is 2.68. The van der Waals surface area contributed by atoms with E-state index in [0.717, 1.165) is 0 Å². The van der Waals surface area contributed by atoms with Gasteiger partial charge < -0.3 is 5.11 Å². The van der Waals surface area contributed by atoms with E-state index in [-0.39, 0.29) is 16.2 Å². The van der Waals surface area contributed by atoms with Gasteiger partial charge in [-0.2, -0.15) is 0 Å². The lowest BCUT2D eigenvalue weighted by molar-refractivity contribution is -0.130. The summed E-state index contributed by atoms with van der Waals surface area (Å²) in [5, 5.41) is 8.43. The van der Waals surface area contributed by atoms with E-state index in [1.165, 1.54) is 18.2 Å². The molecular weight excluding hydrogens is 195 g/mol. The highest BCUT2D eigenvalue weighted by molar-refractivity contribution is 6.31. The van der Waals surface area contributed by atoms with E-state index in [4.69, 9.17) is 16.7 Å². The van der Waals surface area contributed by atoms with E-state index in [1.54, 1.807) is 0 Å². The lowest BCUT2D eigenvalue weighted by Gasteiger charge is -2.02. The van der Waals surface area contributed by atoms with Crippen LogP contribution in [0.15, 0.2) is 24.8 Å². The zero-order chi connectivity index (χ0) is 10.0. The van der Waals surface area contributed by atoms with Crippen LogP contribution in [0.2, 0.25) is 5.02 Å². The molecule has 0 aromatic heterocycles. The Labute approximate surface area is 79.3 Å². The van der Waals surface area contributed by atoms with Crippen molar-refractivity contribution >= 4 is 23.1 Å². The predicted molar refractivity (Wildman–Crippen MR) is 48.1 cm³/mol. The third-order valence-electron chi connectivity index (χ3n) is 1.53. The molecule has 0 fully saturated rings. The van der Waals surface area contributed by atoms with Gasteiger partial charge in [-0.3, -0.25) is 0 Å². The van der Waals surface area contributed by atoms with Crippen molar-refractivity contribution in [2.24, 2.45) is 0 Å². The van der Waals surface area contributed by atoms with Gasteiger partial charge in [0.25, 0.3) is 0 Å². The van der Waals surface area contributed by atoms with Gasteiger partial charge in [-0.05, 0) is 6.07 Å². The molecule has 0 bridgehead atoms. The third-order valence-corrected chi connectivity index (χ3v) is 1.83. The number of aliphatic carboxylic acids is 1. The summed E-state index contributed by atoms with van der Waals surface area (Å²) in [6.45, 7) is 3.23. The van der Waals surface area contributed by atoms with Crippen LogP contribution in [0.1, 0.15) is 5.56 Å². The first-order valence-corrected chi connectivity index (χ1v) is 3.78. The summed E-state index contributed by atoms with van der Waals surface area (Å²) < 4.78 is 13.2. The van der Waals surface area contributed by atoms with Crippen molar-refractivity contribution < 1.29 is 14.3 Å². The van der Waals surface area contributed by atoms with Gasteiger partial charge in [-0.15, -0.1) is 0 Å². The molecule has 0 aliphatic carbocycles. The average molecular weight is 201 g/mol. The molecule has 0 saturated carbocycles. The highest BCUT2D eigenvalue weighted by Gasteiger charge is 2.13. The third kappa shape index (κ3) is 1.87. The van der Waals surface area contributed by atoms with Crippen molar-refractivity contribution in [2.75, 3.05) is 0 Å². The largest absolute Gasteiger partial charge is 0.478 e. The Morgan fingerprint density at radius 3 is 2.69 bits per heavy atom. The monoisotopic (exact) mass is 200 g/mol. The molecule has 0 aliphatic heterocycles. The molecular formula is C9H6ClFO2. The smallest absolute Gasteiger partial charge is 0.335 e. The highest BCUT2D eigenvalue weighted by atomic mass is 35.5. The maximum absolute atomic E-state index is 13.2. The van der Waals surface area contributed by atoms with E-state index in [9.17, 15) is 9.18 Å². The second-order valence-corrected chi connectivity index (χ2v) is 2.79. The molecule has 0 amide bonds. The summed E-state index contributed by atoms with van der Waals surface area (Å²) in [7, 11) is 0. The first kappa shape index (κ1) is 9.74. The minimum absolute atomic E-state index is 0.0833. The lowest BCUT2D eigenvalue weighted by atomic mass is 10.1. The zero-order valence-electron chi connectivity index (χ0n) is 6.55. The molecule has 4 heteroatoms. The molecule has 0 atom stereocenters. The number of carboxylic acids is 1. The van der Waals surface area contributed by atoms with E-state index < -0.39 is 11.8 Å². The van der Waals surface area contributed by atoms with Crippen molar-refractivity contribution in [3.63, 3.8) is 0 Å². The minimum Gasteiger partial charge on any atom is -0.478 e. The van der Waals surface area contributed by atoms with Crippen LogP contribution < -0.4 is 0 Å². The SMILES string of the molecule is C=C(C(=O)O)c1cccc(Cl)c1F. The fraction of sp³-hybridized carbons (Fsp3) is 0. The predicted octanol–water partition coefficient (Wildman–Crippen LogP) is 2.58. The molecule has 1 aromatic carbocycles. The van der Waals surface area contributed by atoms with Crippen LogP contribution in [0.5, 0.6) is 0 Å². The van der Waals surface area contributed by atoms with Gasteiger partial charge >= 0.3 is 5.97 Å². The maximum atomic E-state index is 13.2. The Morgan fingerprint density at radius 2 is 2.15 bits per heavy atom. The summed E-state index contributed by atoms with van der Waals surface area (Å²) in [5.41, 5.74) is -0.389. The van der Waals surface area contributed by atoms with Gasteiger partial charge in [0.1, 0.15) is 5.82 Å². The molecule has 1 rings (SSSR count). The van der Waals surface area contributed by atoms with Crippen LogP contribution in [0.4, 0.5) is 4.39 Å². The molecule has 2 nitrogen and oxygen atoms in total. The quantitative estimate of drug-likeness (QED) is 0.745. The number of carbonyl (C=O) groups is 1. The number of hydrogen-bond acceptors (Lipinski definition) is 1. The molecule has 0 saturated heterocycles. The Bertz CT molecular complexity index is 374. The van der Waals surface area contributed by atoms with Gasteiger partial charge in [0.2, 0.25) is 0 Å². The van der Waals surface area contributed by atoms with E-state index in [0.29, 0.717) is 0 Å². The average Bonchev–Trinajstić information content (AvgIpc) is 2.08. The molecule has 0 radical (unpaired) electrons. The molecule has 1 aromatic rings. The normalized spacial score (nSPS) is 9.69. The summed E-state index contributed by atoms with van der Waals surface area (Å²) in [6.07, 6.45) is 0.